The zero-order valence-electron chi connectivity index (χ0n) is 15.3. The molecule has 0 spiro atoms. The van der Waals surface area contributed by atoms with E-state index in [1.165, 1.54) is 5.56 Å². The van der Waals surface area contributed by atoms with Gasteiger partial charge in [-0.3, -0.25) is 9.69 Å². The molecular weight excluding hydrogens is 328 g/mol. The van der Waals surface area contributed by atoms with Crippen molar-refractivity contribution in [1.29, 1.82) is 0 Å². The van der Waals surface area contributed by atoms with Crippen LogP contribution in [0.5, 0.6) is 5.75 Å². The predicted octanol–water partition coefficient (Wildman–Crippen LogP) is 3.09. The Morgan fingerprint density at radius 3 is 2.69 bits per heavy atom. The van der Waals surface area contributed by atoms with Gasteiger partial charge in [-0.05, 0) is 62.7 Å². The number of piperidine rings is 1. The van der Waals surface area contributed by atoms with Crippen LogP contribution in [0.15, 0.2) is 47.1 Å². The van der Waals surface area contributed by atoms with Crippen LogP contribution in [0.25, 0.3) is 0 Å². The highest BCUT2D eigenvalue weighted by Crippen LogP contribution is 2.25. The summed E-state index contributed by atoms with van der Waals surface area (Å²) in [5.74, 6) is 2.34. The second-order valence-electron chi connectivity index (χ2n) is 7.43. The van der Waals surface area contributed by atoms with Crippen molar-refractivity contribution in [1.82, 2.24) is 9.80 Å². The Kier molecular flexibility index (Phi) is 4.98. The number of amides is 1. The molecule has 1 aromatic carbocycles. The number of aryl methyl sites for hydroxylation is 1. The van der Waals surface area contributed by atoms with Gasteiger partial charge in [0.15, 0.2) is 0 Å². The van der Waals surface area contributed by atoms with Crippen LogP contribution in [-0.4, -0.2) is 48.0 Å². The minimum absolute atomic E-state index is 0.125. The van der Waals surface area contributed by atoms with Crippen LogP contribution in [0, 0.1) is 12.8 Å². The van der Waals surface area contributed by atoms with Crippen molar-refractivity contribution in [3.05, 3.63) is 54.0 Å². The molecule has 5 heteroatoms. The maximum atomic E-state index is 12.7. The van der Waals surface area contributed by atoms with Crippen LogP contribution in [0.1, 0.15) is 24.2 Å². The maximum absolute atomic E-state index is 12.7. The van der Waals surface area contributed by atoms with E-state index in [4.69, 9.17) is 9.15 Å². The van der Waals surface area contributed by atoms with Crippen molar-refractivity contribution in [3.8, 4) is 5.75 Å². The quantitative estimate of drug-likeness (QED) is 0.828. The molecule has 1 aromatic heterocycles. The zero-order valence-corrected chi connectivity index (χ0v) is 15.3. The number of benzene rings is 1. The highest BCUT2D eigenvalue weighted by atomic mass is 16.5. The lowest BCUT2D eigenvalue weighted by Crippen LogP contribution is -2.58. The Hall–Kier alpha value is -2.27. The largest absolute Gasteiger partial charge is 0.487 e. The lowest BCUT2D eigenvalue weighted by molar-refractivity contribution is -0.146. The van der Waals surface area contributed by atoms with E-state index >= 15 is 0 Å². The number of nitrogens with zero attached hydrogens (tertiary/aromatic N) is 2. The minimum Gasteiger partial charge on any atom is -0.487 e. The maximum Gasteiger partial charge on any atom is 0.226 e. The zero-order chi connectivity index (χ0) is 17.9. The van der Waals surface area contributed by atoms with Gasteiger partial charge in [0.05, 0.1) is 25.9 Å². The first-order valence-corrected chi connectivity index (χ1v) is 9.44. The summed E-state index contributed by atoms with van der Waals surface area (Å²) in [5, 5.41) is 0. The molecule has 26 heavy (non-hydrogen) atoms. The summed E-state index contributed by atoms with van der Waals surface area (Å²) in [5.41, 5.74) is 1.19. The molecule has 5 nitrogen and oxygen atoms in total. The molecule has 0 unspecified atom stereocenters. The Morgan fingerprint density at radius 1 is 1.19 bits per heavy atom. The minimum atomic E-state index is 0.125. The fourth-order valence-corrected chi connectivity index (χ4v) is 3.79. The van der Waals surface area contributed by atoms with Crippen molar-refractivity contribution < 1.29 is 13.9 Å². The average molecular weight is 354 g/mol. The van der Waals surface area contributed by atoms with Gasteiger partial charge in [0.25, 0.3) is 0 Å². The van der Waals surface area contributed by atoms with E-state index < -0.39 is 0 Å². The molecule has 0 N–H and O–H groups in total. The molecule has 0 saturated carbocycles. The van der Waals surface area contributed by atoms with Gasteiger partial charge in [-0.15, -0.1) is 0 Å². The number of hydrogen-bond donors (Lipinski definition) is 0. The molecule has 0 atom stereocenters. The van der Waals surface area contributed by atoms with E-state index in [1.807, 2.05) is 35.2 Å². The number of likely N-dealkylation sites (tertiary alicyclic amines) is 2. The summed E-state index contributed by atoms with van der Waals surface area (Å²) in [7, 11) is 0. The smallest absolute Gasteiger partial charge is 0.226 e. The summed E-state index contributed by atoms with van der Waals surface area (Å²) in [4.78, 5) is 17.0. The lowest BCUT2D eigenvalue weighted by Gasteiger charge is -2.42. The van der Waals surface area contributed by atoms with Crippen molar-refractivity contribution in [2.24, 2.45) is 5.92 Å². The Bertz CT molecular complexity index is 729. The van der Waals surface area contributed by atoms with E-state index in [9.17, 15) is 4.79 Å². The highest BCUT2D eigenvalue weighted by Gasteiger charge is 2.36. The molecule has 1 amide bonds. The average Bonchev–Trinajstić information content (AvgIpc) is 3.11. The van der Waals surface area contributed by atoms with Crippen molar-refractivity contribution >= 4 is 5.91 Å². The molecule has 0 aliphatic carbocycles. The molecule has 2 saturated heterocycles. The number of hydrogen-bond acceptors (Lipinski definition) is 4. The van der Waals surface area contributed by atoms with E-state index in [2.05, 4.69) is 17.9 Å². The second kappa shape index (κ2) is 7.54. The van der Waals surface area contributed by atoms with Gasteiger partial charge in [-0.1, -0.05) is 12.1 Å². The fourth-order valence-electron chi connectivity index (χ4n) is 3.79. The van der Waals surface area contributed by atoms with Gasteiger partial charge in [0.1, 0.15) is 17.6 Å². The summed E-state index contributed by atoms with van der Waals surface area (Å²) >= 11 is 0. The van der Waals surface area contributed by atoms with Gasteiger partial charge in [-0.2, -0.15) is 0 Å². The highest BCUT2D eigenvalue weighted by molar-refractivity contribution is 5.79. The van der Waals surface area contributed by atoms with Gasteiger partial charge >= 0.3 is 0 Å². The van der Waals surface area contributed by atoms with Crippen LogP contribution >= 0.6 is 0 Å². The Labute approximate surface area is 154 Å². The summed E-state index contributed by atoms with van der Waals surface area (Å²) in [6.07, 6.45) is 3.70. The van der Waals surface area contributed by atoms with Crippen LogP contribution in [0.2, 0.25) is 0 Å². The third kappa shape index (κ3) is 3.93. The van der Waals surface area contributed by atoms with Crippen LogP contribution in [0.3, 0.4) is 0 Å². The van der Waals surface area contributed by atoms with Crippen LogP contribution < -0.4 is 4.74 Å². The van der Waals surface area contributed by atoms with Gasteiger partial charge in [0.2, 0.25) is 5.91 Å². The van der Waals surface area contributed by atoms with Gasteiger partial charge in [0, 0.05) is 5.92 Å². The summed E-state index contributed by atoms with van der Waals surface area (Å²) < 4.78 is 11.4. The SMILES string of the molecule is Cc1cccc(OC2CN(C(=O)C3CCN(Cc4ccco4)CC3)C2)c1. The molecular formula is C21H26N2O3. The summed E-state index contributed by atoms with van der Waals surface area (Å²) in [6.45, 7) is 6.22. The van der Waals surface area contributed by atoms with Gasteiger partial charge in [-0.25, -0.2) is 0 Å². The number of furan rings is 1. The Morgan fingerprint density at radius 2 is 2.00 bits per heavy atom. The first-order valence-electron chi connectivity index (χ1n) is 9.44. The van der Waals surface area contributed by atoms with Crippen LogP contribution in [0.4, 0.5) is 0 Å². The van der Waals surface area contributed by atoms with E-state index in [1.54, 1.807) is 6.26 Å². The standard InChI is InChI=1S/C21H26N2O3/c1-16-4-2-5-18(12-16)26-20-14-23(15-20)21(24)17-7-9-22(10-8-17)13-19-6-3-11-25-19/h2-6,11-12,17,20H,7-10,13-15H2,1H3. The predicted molar refractivity (Wildman–Crippen MR) is 98.9 cm³/mol. The van der Waals surface area contributed by atoms with E-state index in [0.29, 0.717) is 19.0 Å². The second-order valence-corrected chi connectivity index (χ2v) is 7.43. The number of ether oxygens (including phenoxy) is 1. The fraction of sp³-hybridized carbons (Fsp3) is 0.476. The third-order valence-electron chi connectivity index (χ3n) is 5.35. The topological polar surface area (TPSA) is 45.9 Å². The summed E-state index contributed by atoms with van der Waals surface area (Å²) in [6, 6.07) is 12.0. The molecule has 2 aromatic rings. The molecule has 138 valence electrons. The van der Waals surface area contributed by atoms with Crippen molar-refractivity contribution in [3.63, 3.8) is 0 Å². The number of rotatable bonds is 5. The molecule has 4 rings (SSSR count). The molecule has 0 bridgehead atoms. The normalized spacial score (nSPS) is 19.3. The molecule has 0 radical (unpaired) electrons. The van der Waals surface area contributed by atoms with Crippen LogP contribution in [-0.2, 0) is 11.3 Å². The first kappa shape index (κ1) is 17.2. The molecule has 2 fully saturated rings. The van der Waals surface area contributed by atoms with Gasteiger partial charge < -0.3 is 14.1 Å². The van der Waals surface area contributed by atoms with Crippen molar-refractivity contribution in [2.75, 3.05) is 26.2 Å². The lowest BCUT2D eigenvalue weighted by atomic mass is 9.93. The van der Waals surface area contributed by atoms with Crippen molar-refractivity contribution in [2.45, 2.75) is 32.4 Å². The molecule has 2 aliphatic heterocycles. The Balaban J connectivity index is 1.20. The first-order chi connectivity index (χ1) is 12.7. The molecule has 2 aliphatic rings. The third-order valence-corrected chi connectivity index (χ3v) is 5.35. The van der Waals surface area contributed by atoms with E-state index in [0.717, 1.165) is 44.0 Å². The number of carbonyl (C=O) groups excluding carboxylic acids is 1. The number of carbonyl (C=O) groups is 1. The molecule has 3 heterocycles. The van der Waals surface area contributed by atoms with E-state index in [-0.39, 0.29) is 12.0 Å². The monoisotopic (exact) mass is 354 g/mol.